The van der Waals surface area contributed by atoms with Crippen molar-refractivity contribution in [2.45, 2.75) is 0 Å². The van der Waals surface area contributed by atoms with Crippen LogP contribution in [0.5, 0.6) is 0 Å². The molecule has 18 heavy (non-hydrogen) atoms. The van der Waals surface area contributed by atoms with E-state index in [1.54, 1.807) is 11.3 Å². The first-order valence-electron chi connectivity index (χ1n) is 5.56. The van der Waals surface area contributed by atoms with Gasteiger partial charge in [0.15, 0.2) is 0 Å². The monoisotopic (exact) mass is 314 g/mol. The molecule has 0 aliphatic carbocycles. The van der Waals surface area contributed by atoms with E-state index in [-0.39, 0.29) is 0 Å². The molecule has 0 aliphatic rings. The van der Waals surface area contributed by atoms with Crippen LogP contribution < -0.4 is 0 Å². The van der Waals surface area contributed by atoms with Crippen molar-refractivity contribution in [3.8, 4) is 0 Å². The maximum atomic E-state index is 4.73. The first-order chi connectivity index (χ1) is 8.81. The van der Waals surface area contributed by atoms with Crippen molar-refractivity contribution < 1.29 is 0 Å². The maximum Gasteiger partial charge on any atom is 0.143 e. The Kier molecular flexibility index (Phi) is 2.16. The summed E-state index contributed by atoms with van der Waals surface area (Å²) in [5.74, 6) is 0. The molecule has 0 spiro atoms. The smallest absolute Gasteiger partial charge is 0.143 e. The van der Waals surface area contributed by atoms with E-state index in [4.69, 9.17) is 9.97 Å². The lowest BCUT2D eigenvalue weighted by atomic mass is 10.2. The van der Waals surface area contributed by atoms with Gasteiger partial charge in [-0.1, -0.05) is 34.1 Å². The summed E-state index contributed by atoms with van der Waals surface area (Å²) in [5.41, 5.74) is 2.88. The Bertz CT molecular complexity index is 898. The molecule has 0 unspecified atom stereocenters. The minimum atomic E-state index is 0.934. The van der Waals surface area contributed by atoms with Crippen LogP contribution in [0.15, 0.2) is 46.9 Å². The van der Waals surface area contributed by atoms with Crippen LogP contribution in [-0.4, -0.2) is 9.97 Å². The lowest BCUT2D eigenvalue weighted by molar-refractivity contribution is 1.42. The van der Waals surface area contributed by atoms with Crippen LogP contribution in [0.3, 0.4) is 0 Å². The number of hydrogen-bond acceptors (Lipinski definition) is 3. The van der Waals surface area contributed by atoms with Crippen molar-refractivity contribution >= 4 is 58.7 Å². The van der Waals surface area contributed by atoms with Gasteiger partial charge in [0, 0.05) is 14.6 Å². The maximum absolute atomic E-state index is 4.73. The Morgan fingerprint density at radius 1 is 0.944 bits per heavy atom. The fourth-order valence-electron chi connectivity index (χ4n) is 2.11. The summed E-state index contributed by atoms with van der Waals surface area (Å²) in [7, 11) is 0. The first kappa shape index (κ1) is 10.4. The first-order valence-corrected chi connectivity index (χ1v) is 7.17. The van der Waals surface area contributed by atoms with E-state index >= 15 is 0 Å². The molecule has 2 nitrogen and oxygen atoms in total. The Morgan fingerprint density at radius 2 is 1.83 bits per heavy atom. The van der Waals surface area contributed by atoms with Gasteiger partial charge in [-0.15, -0.1) is 11.3 Å². The Hall–Kier alpha value is -1.52. The van der Waals surface area contributed by atoms with Gasteiger partial charge < -0.3 is 0 Å². The van der Waals surface area contributed by atoms with E-state index in [1.807, 2.05) is 30.3 Å². The Labute approximate surface area is 115 Å². The summed E-state index contributed by atoms with van der Waals surface area (Å²) in [4.78, 5) is 10.4. The van der Waals surface area contributed by atoms with Crippen LogP contribution in [0, 0.1) is 0 Å². The fourth-order valence-corrected chi connectivity index (χ4v) is 3.49. The van der Waals surface area contributed by atoms with Crippen molar-refractivity contribution in [3.05, 3.63) is 46.9 Å². The molecule has 2 heterocycles. The molecule has 2 aromatic carbocycles. The summed E-state index contributed by atoms with van der Waals surface area (Å²) in [6.07, 6.45) is 0. The number of thiophene rings is 1. The predicted octanol–water partition coefficient (Wildman–Crippen LogP) is 4.76. The second kappa shape index (κ2) is 3.73. The summed E-state index contributed by atoms with van der Waals surface area (Å²) >= 11 is 5.16. The SMILES string of the molecule is Brc1ccc2nc3c(nc2c1)sc1ccccc13. The molecule has 0 N–H and O–H groups in total. The normalized spacial score (nSPS) is 11.6. The molecule has 0 radical (unpaired) electrons. The highest BCUT2D eigenvalue weighted by Crippen LogP contribution is 2.32. The molecular weight excluding hydrogens is 308 g/mol. The van der Waals surface area contributed by atoms with Gasteiger partial charge in [0.1, 0.15) is 10.3 Å². The largest absolute Gasteiger partial charge is 0.243 e. The quantitative estimate of drug-likeness (QED) is 0.467. The molecule has 86 valence electrons. The Morgan fingerprint density at radius 3 is 2.78 bits per heavy atom. The van der Waals surface area contributed by atoms with Crippen molar-refractivity contribution in [1.82, 2.24) is 9.97 Å². The van der Waals surface area contributed by atoms with Gasteiger partial charge in [0.05, 0.1) is 11.0 Å². The highest BCUT2D eigenvalue weighted by atomic mass is 79.9. The van der Waals surface area contributed by atoms with E-state index in [0.29, 0.717) is 0 Å². The fraction of sp³-hybridized carbons (Fsp3) is 0. The standard InChI is InChI=1S/C14H7BrN2S/c15-8-5-6-10-11(7-8)17-14-13(16-10)9-3-1-2-4-12(9)18-14/h1-7H. The van der Waals surface area contributed by atoms with Crippen LogP contribution in [0.2, 0.25) is 0 Å². The molecule has 0 bridgehead atoms. The van der Waals surface area contributed by atoms with E-state index < -0.39 is 0 Å². The second-order valence-corrected chi connectivity index (χ2v) is 6.05. The predicted molar refractivity (Wildman–Crippen MR) is 80.1 cm³/mol. The number of hydrogen-bond donors (Lipinski definition) is 0. The van der Waals surface area contributed by atoms with E-state index in [9.17, 15) is 0 Å². The zero-order chi connectivity index (χ0) is 12.1. The zero-order valence-electron chi connectivity index (χ0n) is 9.22. The van der Waals surface area contributed by atoms with Gasteiger partial charge in [-0.3, -0.25) is 0 Å². The highest BCUT2D eigenvalue weighted by Gasteiger charge is 2.08. The van der Waals surface area contributed by atoms with Gasteiger partial charge in [-0.2, -0.15) is 0 Å². The van der Waals surface area contributed by atoms with Gasteiger partial charge in [-0.05, 0) is 24.3 Å². The summed E-state index contributed by atoms with van der Waals surface area (Å²) in [6, 6.07) is 14.3. The van der Waals surface area contributed by atoms with Crippen molar-refractivity contribution in [1.29, 1.82) is 0 Å². The van der Waals surface area contributed by atoms with Crippen molar-refractivity contribution in [2.75, 3.05) is 0 Å². The summed E-state index contributed by atoms with van der Waals surface area (Å²) in [5, 5.41) is 1.19. The number of nitrogens with zero attached hydrogens (tertiary/aromatic N) is 2. The third kappa shape index (κ3) is 1.46. The van der Waals surface area contributed by atoms with Crippen LogP contribution in [0.4, 0.5) is 0 Å². The number of aromatic nitrogens is 2. The average Bonchev–Trinajstić information content (AvgIpc) is 2.73. The van der Waals surface area contributed by atoms with Crippen LogP contribution in [0.1, 0.15) is 0 Å². The van der Waals surface area contributed by atoms with E-state index in [2.05, 4.69) is 28.1 Å². The molecule has 0 atom stereocenters. The van der Waals surface area contributed by atoms with Crippen molar-refractivity contribution in [3.63, 3.8) is 0 Å². The topological polar surface area (TPSA) is 25.8 Å². The van der Waals surface area contributed by atoms with E-state index in [1.165, 1.54) is 10.1 Å². The van der Waals surface area contributed by atoms with Crippen LogP contribution in [0.25, 0.3) is 31.5 Å². The van der Waals surface area contributed by atoms with Gasteiger partial charge in [0.2, 0.25) is 0 Å². The van der Waals surface area contributed by atoms with Gasteiger partial charge >= 0.3 is 0 Å². The lowest BCUT2D eigenvalue weighted by Gasteiger charge is -1.97. The van der Waals surface area contributed by atoms with Gasteiger partial charge in [0.25, 0.3) is 0 Å². The lowest BCUT2D eigenvalue weighted by Crippen LogP contribution is -1.83. The minimum Gasteiger partial charge on any atom is -0.243 e. The number of fused-ring (bicyclic) bond motifs is 4. The summed E-state index contributed by atoms with van der Waals surface area (Å²) < 4.78 is 2.27. The molecular formula is C14H7BrN2S. The molecule has 0 fully saturated rings. The molecule has 0 aliphatic heterocycles. The highest BCUT2D eigenvalue weighted by molar-refractivity contribution is 9.10. The Balaban J connectivity index is 2.23. The molecule has 4 heteroatoms. The van der Waals surface area contributed by atoms with E-state index in [0.717, 1.165) is 25.9 Å². The third-order valence-corrected chi connectivity index (χ3v) is 4.49. The molecule has 4 rings (SSSR count). The molecule has 4 aromatic rings. The molecule has 0 saturated heterocycles. The van der Waals surface area contributed by atoms with Crippen LogP contribution >= 0.6 is 27.3 Å². The number of halogens is 1. The number of benzene rings is 2. The van der Waals surface area contributed by atoms with Gasteiger partial charge in [-0.25, -0.2) is 9.97 Å². The molecule has 0 amide bonds. The minimum absolute atomic E-state index is 0.934. The van der Waals surface area contributed by atoms with Crippen molar-refractivity contribution in [2.24, 2.45) is 0 Å². The third-order valence-electron chi connectivity index (χ3n) is 2.94. The number of rotatable bonds is 0. The average molecular weight is 315 g/mol. The molecule has 2 aromatic heterocycles. The van der Waals surface area contributed by atoms with Crippen LogP contribution in [-0.2, 0) is 0 Å². The summed E-state index contributed by atoms with van der Waals surface area (Å²) in [6.45, 7) is 0. The molecule has 0 saturated carbocycles. The second-order valence-electron chi connectivity index (χ2n) is 4.11. The zero-order valence-corrected chi connectivity index (χ0v) is 11.6.